The lowest BCUT2D eigenvalue weighted by atomic mass is 10.1. The number of rotatable bonds is 3. The Morgan fingerprint density at radius 3 is 2.25 bits per heavy atom. The van der Waals surface area contributed by atoms with Crippen LogP contribution in [-0.2, 0) is 0 Å². The van der Waals surface area contributed by atoms with E-state index in [1.165, 1.54) is 0 Å². The van der Waals surface area contributed by atoms with Crippen LogP contribution in [0.25, 0.3) is 0 Å². The van der Waals surface area contributed by atoms with Gasteiger partial charge in [-0.15, -0.1) is 0 Å². The van der Waals surface area contributed by atoms with Crippen molar-refractivity contribution in [2.75, 3.05) is 6.54 Å². The van der Waals surface area contributed by atoms with E-state index in [1.54, 1.807) is 0 Å². The highest BCUT2D eigenvalue weighted by Crippen LogP contribution is 2.01. The third kappa shape index (κ3) is 2.96. The molecule has 8 heavy (non-hydrogen) atoms. The summed E-state index contributed by atoms with van der Waals surface area (Å²) in [5.41, 5.74) is 9.24. The highest BCUT2D eigenvalue weighted by Gasteiger charge is 2.15. The maximum Gasteiger partial charge on any atom is 0.125 e. The predicted molar refractivity (Wildman–Crippen MR) is 33.1 cm³/mol. The van der Waals surface area contributed by atoms with E-state index in [4.69, 9.17) is 16.6 Å². The van der Waals surface area contributed by atoms with E-state index in [0.29, 0.717) is 6.42 Å². The van der Waals surface area contributed by atoms with Gasteiger partial charge in [0.05, 0.1) is 0 Å². The molecule has 50 valence electrons. The summed E-state index contributed by atoms with van der Waals surface area (Å²) in [6.45, 7) is 2.09. The second-order valence-corrected chi connectivity index (χ2v) is 2.06. The minimum atomic E-state index is -1.13. The van der Waals surface area contributed by atoms with Gasteiger partial charge in [0.15, 0.2) is 0 Å². The summed E-state index contributed by atoms with van der Waals surface area (Å²) in [7, 11) is 0. The zero-order chi connectivity index (χ0) is 6.62. The molecule has 0 aliphatic rings. The molecular weight excluding hydrogens is 104 g/mol. The first-order chi connectivity index (χ1) is 3.62. The van der Waals surface area contributed by atoms with Gasteiger partial charge in [0.1, 0.15) is 5.72 Å². The topological polar surface area (TPSA) is 72.3 Å². The molecule has 0 saturated carbocycles. The van der Waals surface area contributed by atoms with Crippen molar-refractivity contribution in [2.45, 2.75) is 25.5 Å². The Bertz CT molecular complexity index is 63.4. The van der Waals surface area contributed by atoms with Crippen LogP contribution in [0.4, 0.5) is 0 Å². The van der Waals surface area contributed by atoms with Crippen LogP contribution in [-0.4, -0.2) is 17.4 Å². The summed E-state index contributed by atoms with van der Waals surface area (Å²) in [4.78, 5) is 0. The van der Waals surface area contributed by atoms with Crippen LogP contribution < -0.4 is 11.5 Å². The molecule has 0 aromatic heterocycles. The quantitative estimate of drug-likeness (QED) is 0.433. The van der Waals surface area contributed by atoms with Gasteiger partial charge in [-0.1, -0.05) is 13.3 Å². The molecule has 0 aromatic rings. The second-order valence-electron chi connectivity index (χ2n) is 2.06. The molecule has 0 heterocycles. The molecule has 0 aromatic carbocycles. The summed E-state index contributed by atoms with van der Waals surface area (Å²) in [5, 5.41) is 8.98. The Morgan fingerprint density at radius 1 is 1.62 bits per heavy atom. The summed E-state index contributed by atoms with van der Waals surface area (Å²) in [6, 6.07) is 0. The standard InChI is InChI=1S/C5H14N2O/c1-2-3-5(7,8)4-6/h8H,2-4,6-7H2,1H3. The van der Waals surface area contributed by atoms with Crippen LogP contribution in [0, 0.1) is 0 Å². The molecular formula is C5H14N2O. The van der Waals surface area contributed by atoms with Crippen molar-refractivity contribution in [1.82, 2.24) is 0 Å². The summed E-state index contributed by atoms with van der Waals surface area (Å²) < 4.78 is 0. The van der Waals surface area contributed by atoms with Gasteiger partial charge in [-0.3, -0.25) is 0 Å². The Labute approximate surface area is 49.7 Å². The van der Waals surface area contributed by atoms with E-state index in [0.717, 1.165) is 6.42 Å². The van der Waals surface area contributed by atoms with Crippen LogP contribution >= 0.6 is 0 Å². The van der Waals surface area contributed by atoms with Crippen LogP contribution in [0.3, 0.4) is 0 Å². The number of aliphatic hydroxyl groups is 1. The smallest absolute Gasteiger partial charge is 0.125 e. The number of nitrogens with two attached hydrogens (primary N) is 2. The van der Waals surface area contributed by atoms with E-state index in [1.807, 2.05) is 6.92 Å². The summed E-state index contributed by atoms with van der Waals surface area (Å²) in [5.74, 6) is 0. The van der Waals surface area contributed by atoms with Crippen molar-refractivity contribution < 1.29 is 5.11 Å². The van der Waals surface area contributed by atoms with Gasteiger partial charge in [-0.25, -0.2) is 0 Å². The third-order valence-electron chi connectivity index (χ3n) is 1.04. The Morgan fingerprint density at radius 2 is 2.12 bits per heavy atom. The molecule has 3 nitrogen and oxygen atoms in total. The molecule has 0 bridgehead atoms. The molecule has 1 atom stereocenters. The van der Waals surface area contributed by atoms with Gasteiger partial charge in [-0.05, 0) is 6.42 Å². The first-order valence-electron chi connectivity index (χ1n) is 2.83. The highest BCUT2D eigenvalue weighted by molar-refractivity contribution is 4.69. The highest BCUT2D eigenvalue weighted by atomic mass is 16.3. The SMILES string of the molecule is CCCC(N)(O)CN. The van der Waals surface area contributed by atoms with Gasteiger partial charge in [0.25, 0.3) is 0 Å². The van der Waals surface area contributed by atoms with Crippen LogP contribution in [0.2, 0.25) is 0 Å². The maximum absolute atomic E-state index is 8.98. The maximum atomic E-state index is 8.98. The Hall–Kier alpha value is -0.120. The van der Waals surface area contributed by atoms with Crippen molar-refractivity contribution in [2.24, 2.45) is 11.5 Å². The van der Waals surface area contributed by atoms with E-state index in [2.05, 4.69) is 0 Å². The first-order valence-corrected chi connectivity index (χ1v) is 2.83. The van der Waals surface area contributed by atoms with Gasteiger partial charge in [0.2, 0.25) is 0 Å². The van der Waals surface area contributed by atoms with E-state index >= 15 is 0 Å². The minimum absolute atomic E-state index is 0.140. The van der Waals surface area contributed by atoms with E-state index < -0.39 is 5.72 Å². The summed E-state index contributed by atoms with van der Waals surface area (Å²) >= 11 is 0. The van der Waals surface area contributed by atoms with Crippen molar-refractivity contribution in [1.29, 1.82) is 0 Å². The lowest BCUT2D eigenvalue weighted by Gasteiger charge is -2.18. The minimum Gasteiger partial charge on any atom is -0.375 e. The fourth-order valence-electron chi connectivity index (χ4n) is 0.535. The monoisotopic (exact) mass is 118 g/mol. The Kier molecular flexibility index (Phi) is 2.97. The molecule has 3 heteroatoms. The lowest BCUT2D eigenvalue weighted by Crippen LogP contribution is -2.46. The van der Waals surface area contributed by atoms with Gasteiger partial charge < -0.3 is 16.6 Å². The molecule has 0 fully saturated rings. The molecule has 0 spiro atoms. The molecule has 1 unspecified atom stereocenters. The van der Waals surface area contributed by atoms with Gasteiger partial charge >= 0.3 is 0 Å². The van der Waals surface area contributed by atoms with Crippen molar-refractivity contribution in [3.63, 3.8) is 0 Å². The third-order valence-corrected chi connectivity index (χ3v) is 1.04. The van der Waals surface area contributed by atoms with Crippen molar-refractivity contribution in [3.05, 3.63) is 0 Å². The van der Waals surface area contributed by atoms with E-state index in [-0.39, 0.29) is 6.54 Å². The molecule has 0 amide bonds. The van der Waals surface area contributed by atoms with Gasteiger partial charge in [-0.2, -0.15) is 0 Å². The normalized spacial score (nSPS) is 18.0. The fourth-order valence-corrected chi connectivity index (χ4v) is 0.535. The molecule has 5 N–H and O–H groups in total. The zero-order valence-electron chi connectivity index (χ0n) is 5.22. The van der Waals surface area contributed by atoms with Gasteiger partial charge in [0, 0.05) is 6.54 Å². The Balaban J connectivity index is 3.37. The largest absolute Gasteiger partial charge is 0.375 e. The molecule has 0 aliphatic heterocycles. The predicted octanol–water partition coefficient (Wildman–Crippen LogP) is -0.607. The zero-order valence-corrected chi connectivity index (χ0v) is 5.22. The molecule has 0 rings (SSSR count). The number of hydrogen-bond acceptors (Lipinski definition) is 3. The summed E-state index contributed by atoms with van der Waals surface area (Å²) in [6.07, 6.45) is 1.44. The molecule has 0 radical (unpaired) electrons. The van der Waals surface area contributed by atoms with Crippen molar-refractivity contribution in [3.8, 4) is 0 Å². The average Bonchev–Trinajstić information content (AvgIpc) is 1.67. The van der Waals surface area contributed by atoms with Crippen LogP contribution in [0.15, 0.2) is 0 Å². The lowest BCUT2D eigenvalue weighted by molar-refractivity contribution is 0.0463. The van der Waals surface area contributed by atoms with Crippen molar-refractivity contribution >= 4 is 0 Å². The molecule has 0 aliphatic carbocycles. The first kappa shape index (κ1) is 7.88. The number of hydrogen-bond donors (Lipinski definition) is 3. The molecule has 0 saturated heterocycles. The average molecular weight is 118 g/mol. The fraction of sp³-hybridized carbons (Fsp3) is 1.00. The van der Waals surface area contributed by atoms with Crippen LogP contribution in [0.1, 0.15) is 19.8 Å². The van der Waals surface area contributed by atoms with Crippen LogP contribution in [0.5, 0.6) is 0 Å². The second kappa shape index (κ2) is 3.02. The van der Waals surface area contributed by atoms with E-state index in [9.17, 15) is 0 Å².